The van der Waals surface area contributed by atoms with E-state index in [-0.39, 0.29) is 6.04 Å². The van der Waals surface area contributed by atoms with Crippen LogP contribution >= 0.6 is 0 Å². The zero-order valence-electron chi connectivity index (χ0n) is 15.4. The van der Waals surface area contributed by atoms with Gasteiger partial charge in [0.15, 0.2) is 0 Å². The number of rotatable bonds is 6. The number of hydrogen-bond donors (Lipinski definition) is 1. The van der Waals surface area contributed by atoms with Crippen molar-refractivity contribution in [2.45, 2.75) is 18.9 Å². The van der Waals surface area contributed by atoms with E-state index in [1.54, 1.807) is 0 Å². The van der Waals surface area contributed by atoms with E-state index in [9.17, 15) is 0 Å². The van der Waals surface area contributed by atoms with Gasteiger partial charge in [-0.1, -0.05) is 12.1 Å². The van der Waals surface area contributed by atoms with Crippen molar-refractivity contribution in [1.82, 2.24) is 19.5 Å². The highest BCUT2D eigenvalue weighted by molar-refractivity contribution is 5.63. The Kier molecular flexibility index (Phi) is 4.32. The van der Waals surface area contributed by atoms with E-state index in [1.807, 2.05) is 45.8 Å². The first-order chi connectivity index (χ1) is 12.6. The third-order valence-electron chi connectivity index (χ3n) is 4.85. The van der Waals surface area contributed by atoms with Crippen LogP contribution in [0.15, 0.2) is 48.9 Å². The van der Waals surface area contributed by atoms with Gasteiger partial charge in [0.25, 0.3) is 0 Å². The summed E-state index contributed by atoms with van der Waals surface area (Å²) in [5, 5.41) is 3.51. The molecule has 1 fully saturated rings. The van der Waals surface area contributed by atoms with Crippen molar-refractivity contribution in [2.24, 2.45) is 13.0 Å². The predicted octanol–water partition coefficient (Wildman–Crippen LogP) is 3.51. The maximum Gasteiger partial charge on any atom is 0.223 e. The maximum atomic E-state index is 4.73. The highest BCUT2D eigenvalue weighted by atomic mass is 15.2. The van der Waals surface area contributed by atoms with Gasteiger partial charge in [-0.3, -0.25) is 0 Å². The average molecular weight is 348 g/mol. The summed E-state index contributed by atoms with van der Waals surface area (Å²) in [6.07, 6.45) is 8.07. The van der Waals surface area contributed by atoms with E-state index < -0.39 is 0 Å². The summed E-state index contributed by atoms with van der Waals surface area (Å²) in [4.78, 5) is 15.8. The summed E-state index contributed by atoms with van der Waals surface area (Å²) >= 11 is 0. The monoisotopic (exact) mass is 348 g/mol. The molecule has 0 aliphatic heterocycles. The highest BCUT2D eigenvalue weighted by Gasteiger charge is 2.35. The minimum Gasteiger partial charge on any atom is -0.378 e. The van der Waals surface area contributed by atoms with Crippen LogP contribution in [0.1, 0.15) is 24.7 Å². The molecule has 1 aliphatic carbocycles. The number of aromatic nitrogens is 4. The lowest BCUT2D eigenvalue weighted by Gasteiger charge is -2.18. The molecule has 6 heteroatoms. The third kappa shape index (κ3) is 3.40. The molecule has 0 radical (unpaired) electrons. The topological polar surface area (TPSA) is 58.9 Å². The lowest BCUT2D eigenvalue weighted by molar-refractivity contribution is 0.601. The number of benzene rings is 1. The van der Waals surface area contributed by atoms with Crippen LogP contribution in [0.4, 0.5) is 11.6 Å². The van der Waals surface area contributed by atoms with Crippen molar-refractivity contribution in [3.05, 3.63) is 54.7 Å². The largest absolute Gasteiger partial charge is 0.378 e. The van der Waals surface area contributed by atoms with Crippen LogP contribution in [0.3, 0.4) is 0 Å². The first kappa shape index (κ1) is 16.6. The summed E-state index contributed by atoms with van der Waals surface area (Å²) in [7, 11) is 6.11. The molecular weight excluding hydrogens is 324 g/mol. The Morgan fingerprint density at radius 3 is 2.46 bits per heavy atom. The van der Waals surface area contributed by atoms with Gasteiger partial charge < -0.3 is 14.8 Å². The molecule has 1 atom stereocenters. The molecule has 1 aliphatic rings. The Morgan fingerprint density at radius 2 is 1.85 bits per heavy atom. The number of imidazole rings is 1. The smallest absolute Gasteiger partial charge is 0.223 e. The summed E-state index contributed by atoms with van der Waals surface area (Å²) in [5.41, 5.74) is 3.17. The number of aryl methyl sites for hydroxylation is 1. The molecule has 6 nitrogen and oxygen atoms in total. The van der Waals surface area contributed by atoms with Crippen molar-refractivity contribution >= 4 is 11.6 Å². The normalized spacial score (nSPS) is 14.9. The third-order valence-corrected chi connectivity index (χ3v) is 4.85. The van der Waals surface area contributed by atoms with Gasteiger partial charge in [-0.25, -0.2) is 15.0 Å². The second-order valence-electron chi connectivity index (χ2n) is 7.06. The molecule has 1 N–H and O–H groups in total. The van der Waals surface area contributed by atoms with Crippen LogP contribution in [-0.4, -0.2) is 33.6 Å². The van der Waals surface area contributed by atoms with Crippen molar-refractivity contribution in [3.8, 4) is 11.3 Å². The summed E-state index contributed by atoms with van der Waals surface area (Å²) in [6, 6.07) is 10.5. The zero-order valence-corrected chi connectivity index (χ0v) is 15.4. The quantitative estimate of drug-likeness (QED) is 0.739. The second kappa shape index (κ2) is 6.78. The van der Waals surface area contributed by atoms with Gasteiger partial charge in [0, 0.05) is 51.0 Å². The molecule has 3 aromatic rings. The number of hydrogen-bond acceptors (Lipinski definition) is 5. The molecule has 0 amide bonds. The van der Waals surface area contributed by atoms with Crippen molar-refractivity contribution in [2.75, 3.05) is 24.3 Å². The fraction of sp³-hybridized carbons (Fsp3) is 0.350. The molecule has 134 valence electrons. The Bertz CT molecular complexity index is 879. The molecule has 0 spiro atoms. The van der Waals surface area contributed by atoms with Gasteiger partial charge in [-0.2, -0.15) is 0 Å². The van der Waals surface area contributed by atoms with Crippen LogP contribution in [-0.2, 0) is 7.05 Å². The zero-order chi connectivity index (χ0) is 18.1. The predicted molar refractivity (Wildman–Crippen MR) is 104 cm³/mol. The molecule has 0 bridgehead atoms. The minimum absolute atomic E-state index is 0.154. The molecule has 4 rings (SSSR count). The van der Waals surface area contributed by atoms with Crippen LogP contribution < -0.4 is 10.2 Å². The Labute approximate surface area is 153 Å². The fourth-order valence-corrected chi connectivity index (χ4v) is 3.16. The lowest BCUT2D eigenvalue weighted by Crippen LogP contribution is -2.18. The minimum atomic E-state index is 0.154. The summed E-state index contributed by atoms with van der Waals surface area (Å²) < 4.78 is 2.07. The van der Waals surface area contributed by atoms with E-state index in [0.29, 0.717) is 11.9 Å². The molecule has 1 aromatic carbocycles. The average Bonchev–Trinajstić information content (AvgIpc) is 3.41. The lowest BCUT2D eigenvalue weighted by atomic mass is 10.1. The second-order valence-corrected chi connectivity index (χ2v) is 7.06. The molecule has 0 saturated heterocycles. The van der Waals surface area contributed by atoms with Crippen LogP contribution in [0.2, 0.25) is 0 Å². The molecule has 26 heavy (non-hydrogen) atoms. The van der Waals surface area contributed by atoms with Gasteiger partial charge in [-0.15, -0.1) is 0 Å². The SMILES string of the molecule is CN(C)c1ccc(-c2ccnc(NC(c3nccn3C)C3CC3)n2)cc1. The molecule has 2 aromatic heterocycles. The van der Waals surface area contributed by atoms with Crippen molar-refractivity contribution in [3.63, 3.8) is 0 Å². The number of anilines is 2. The Balaban J connectivity index is 1.58. The van der Waals surface area contributed by atoms with E-state index in [2.05, 4.69) is 49.0 Å². The van der Waals surface area contributed by atoms with Crippen LogP contribution in [0.5, 0.6) is 0 Å². The van der Waals surface area contributed by atoms with E-state index in [4.69, 9.17) is 4.98 Å². The van der Waals surface area contributed by atoms with Gasteiger partial charge >= 0.3 is 0 Å². The van der Waals surface area contributed by atoms with Crippen molar-refractivity contribution < 1.29 is 0 Å². The maximum absolute atomic E-state index is 4.73. The van der Waals surface area contributed by atoms with Gasteiger partial charge in [0.1, 0.15) is 5.82 Å². The first-order valence-corrected chi connectivity index (χ1v) is 8.96. The van der Waals surface area contributed by atoms with E-state index >= 15 is 0 Å². The highest BCUT2D eigenvalue weighted by Crippen LogP contribution is 2.41. The van der Waals surface area contributed by atoms with Crippen molar-refractivity contribution in [1.29, 1.82) is 0 Å². The number of nitrogens with zero attached hydrogens (tertiary/aromatic N) is 5. The molecule has 1 saturated carbocycles. The van der Waals surface area contributed by atoms with Crippen LogP contribution in [0, 0.1) is 5.92 Å². The molecule has 2 heterocycles. The van der Waals surface area contributed by atoms with Crippen LogP contribution in [0.25, 0.3) is 11.3 Å². The first-order valence-electron chi connectivity index (χ1n) is 8.96. The fourth-order valence-electron chi connectivity index (χ4n) is 3.16. The Hall–Kier alpha value is -2.89. The Morgan fingerprint density at radius 1 is 1.08 bits per heavy atom. The number of nitrogens with one attached hydrogen (secondary N) is 1. The van der Waals surface area contributed by atoms with Gasteiger partial charge in [0.2, 0.25) is 5.95 Å². The standard InChI is InChI=1S/C20H24N6/c1-25(2)16-8-6-14(7-9-16)17-10-11-22-20(23-17)24-18(15-4-5-15)19-21-12-13-26(19)3/h6-13,15,18H,4-5H2,1-3H3,(H,22,23,24). The molecular formula is C20H24N6. The van der Waals surface area contributed by atoms with Gasteiger partial charge in [0.05, 0.1) is 11.7 Å². The van der Waals surface area contributed by atoms with Gasteiger partial charge in [-0.05, 0) is 37.0 Å². The summed E-state index contributed by atoms with van der Waals surface area (Å²) in [5.74, 6) is 2.29. The van der Waals surface area contributed by atoms with E-state index in [1.165, 1.54) is 18.5 Å². The summed E-state index contributed by atoms with van der Waals surface area (Å²) in [6.45, 7) is 0. The van der Waals surface area contributed by atoms with E-state index in [0.717, 1.165) is 17.1 Å². The molecule has 1 unspecified atom stereocenters.